The molecule has 1 aliphatic rings. The first kappa shape index (κ1) is 14.8. The van der Waals surface area contributed by atoms with Crippen molar-refractivity contribution >= 4 is 5.69 Å². The lowest BCUT2D eigenvalue weighted by Gasteiger charge is -2.33. The highest BCUT2D eigenvalue weighted by atomic mass is 16.3. The summed E-state index contributed by atoms with van der Waals surface area (Å²) >= 11 is 0. The normalized spacial score (nSPS) is 21.1. The van der Waals surface area contributed by atoms with Crippen molar-refractivity contribution in [2.24, 2.45) is 0 Å². The maximum Gasteiger partial charge on any atom is 0.0992 e. The van der Waals surface area contributed by atoms with Crippen LogP contribution in [0.15, 0.2) is 18.2 Å². The summed E-state index contributed by atoms with van der Waals surface area (Å²) in [6, 6.07) is 7.60. The lowest BCUT2D eigenvalue weighted by Crippen LogP contribution is -2.38. The van der Waals surface area contributed by atoms with E-state index in [9.17, 15) is 10.2 Å². The summed E-state index contributed by atoms with van der Waals surface area (Å²) in [5, 5.41) is 28.7. The predicted octanol–water partition coefficient (Wildman–Crippen LogP) is 2.35. The first-order valence-electron chi connectivity index (χ1n) is 7.27. The molecule has 4 nitrogen and oxygen atoms in total. The van der Waals surface area contributed by atoms with Gasteiger partial charge in [-0.1, -0.05) is 18.9 Å². The van der Waals surface area contributed by atoms with Crippen LogP contribution in [0.1, 0.15) is 49.8 Å². The third-order valence-electron chi connectivity index (χ3n) is 4.01. The summed E-state index contributed by atoms with van der Waals surface area (Å²) in [7, 11) is 0. The predicted molar refractivity (Wildman–Crippen MR) is 78.5 cm³/mol. The van der Waals surface area contributed by atoms with Gasteiger partial charge in [-0.05, 0) is 31.9 Å². The molecule has 0 amide bonds. The zero-order valence-corrected chi connectivity index (χ0v) is 11.9. The van der Waals surface area contributed by atoms with E-state index in [0.29, 0.717) is 5.56 Å². The molecule has 4 heteroatoms. The zero-order valence-electron chi connectivity index (χ0n) is 11.9. The van der Waals surface area contributed by atoms with Crippen LogP contribution in [0.2, 0.25) is 0 Å². The van der Waals surface area contributed by atoms with E-state index in [0.717, 1.165) is 43.5 Å². The molecule has 0 bridgehead atoms. The molecule has 1 heterocycles. The van der Waals surface area contributed by atoms with Crippen LogP contribution < -0.4 is 4.90 Å². The first-order valence-corrected chi connectivity index (χ1v) is 7.27. The lowest BCUT2D eigenvalue weighted by atomic mass is 10.0. The molecule has 20 heavy (non-hydrogen) atoms. The maximum absolute atomic E-state index is 9.96. The van der Waals surface area contributed by atoms with Gasteiger partial charge < -0.3 is 15.1 Å². The third-order valence-corrected chi connectivity index (χ3v) is 4.01. The number of nitriles is 1. The van der Waals surface area contributed by atoms with Crippen LogP contribution >= 0.6 is 0 Å². The van der Waals surface area contributed by atoms with Gasteiger partial charge in [0.1, 0.15) is 0 Å². The minimum atomic E-state index is -0.583. The monoisotopic (exact) mass is 274 g/mol. The van der Waals surface area contributed by atoms with Crippen molar-refractivity contribution in [1.82, 2.24) is 0 Å². The summed E-state index contributed by atoms with van der Waals surface area (Å²) < 4.78 is 0. The number of hydrogen-bond donors (Lipinski definition) is 2. The lowest BCUT2D eigenvalue weighted by molar-refractivity contribution is 0.199. The number of nitrogens with zero attached hydrogens (tertiary/aromatic N) is 2. The summed E-state index contributed by atoms with van der Waals surface area (Å²) in [5.74, 6) is 0. The largest absolute Gasteiger partial charge is 0.394 e. The molecule has 1 fully saturated rings. The van der Waals surface area contributed by atoms with Crippen molar-refractivity contribution in [2.45, 2.75) is 44.8 Å². The smallest absolute Gasteiger partial charge is 0.0992 e. The number of rotatable bonds is 3. The molecular formula is C16H22N2O2. The Labute approximate surface area is 120 Å². The van der Waals surface area contributed by atoms with Crippen molar-refractivity contribution in [3.63, 3.8) is 0 Å². The molecule has 2 atom stereocenters. The molecule has 1 aromatic rings. The van der Waals surface area contributed by atoms with Crippen molar-refractivity contribution in [2.75, 3.05) is 18.1 Å². The van der Waals surface area contributed by atoms with E-state index in [1.165, 1.54) is 0 Å². The maximum atomic E-state index is 9.96. The fourth-order valence-corrected chi connectivity index (χ4v) is 2.90. The second-order valence-corrected chi connectivity index (χ2v) is 5.44. The highest BCUT2D eigenvalue weighted by Gasteiger charge is 2.24. The molecule has 2 rings (SSSR count). The minimum absolute atomic E-state index is 0.0731. The van der Waals surface area contributed by atoms with Crippen molar-refractivity contribution in [1.29, 1.82) is 5.26 Å². The van der Waals surface area contributed by atoms with Crippen LogP contribution in [-0.4, -0.2) is 29.4 Å². The summed E-state index contributed by atoms with van der Waals surface area (Å²) in [6.45, 7) is 2.70. The molecule has 0 aliphatic carbocycles. The average Bonchev–Trinajstić information content (AvgIpc) is 2.71. The highest BCUT2D eigenvalue weighted by Crippen LogP contribution is 2.31. The van der Waals surface area contributed by atoms with Crippen LogP contribution in [0.25, 0.3) is 0 Å². The Bertz CT molecular complexity index is 494. The van der Waals surface area contributed by atoms with Crippen LogP contribution in [0, 0.1) is 11.3 Å². The highest BCUT2D eigenvalue weighted by molar-refractivity contribution is 5.59. The van der Waals surface area contributed by atoms with Crippen LogP contribution in [0.3, 0.4) is 0 Å². The van der Waals surface area contributed by atoms with E-state index in [4.69, 9.17) is 5.26 Å². The third kappa shape index (κ3) is 3.12. The first-order chi connectivity index (χ1) is 9.67. The molecule has 0 spiro atoms. The fraction of sp³-hybridized carbons (Fsp3) is 0.562. The van der Waals surface area contributed by atoms with E-state index in [1.54, 1.807) is 13.0 Å². The number of hydrogen-bond acceptors (Lipinski definition) is 4. The Balaban J connectivity index is 2.44. The minimum Gasteiger partial charge on any atom is -0.394 e. The second kappa shape index (κ2) is 6.74. The Morgan fingerprint density at radius 3 is 2.85 bits per heavy atom. The van der Waals surface area contributed by atoms with Crippen molar-refractivity contribution < 1.29 is 10.2 Å². The van der Waals surface area contributed by atoms with Gasteiger partial charge in [-0.25, -0.2) is 0 Å². The van der Waals surface area contributed by atoms with Gasteiger partial charge in [-0.2, -0.15) is 5.26 Å². The molecule has 1 unspecified atom stereocenters. The number of anilines is 1. The van der Waals surface area contributed by atoms with Crippen LogP contribution in [0.4, 0.5) is 5.69 Å². The molecule has 1 saturated heterocycles. The Hall–Kier alpha value is -1.57. The van der Waals surface area contributed by atoms with Gasteiger partial charge in [-0.3, -0.25) is 0 Å². The van der Waals surface area contributed by atoms with E-state index in [1.807, 2.05) is 12.1 Å². The molecule has 0 radical (unpaired) electrons. The molecule has 108 valence electrons. The zero-order chi connectivity index (χ0) is 14.5. The average molecular weight is 274 g/mol. The van der Waals surface area contributed by atoms with Crippen molar-refractivity contribution in [3.8, 4) is 6.07 Å². The van der Waals surface area contributed by atoms with Gasteiger partial charge in [0.2, 0.25) is 0 Å². The van der Waals surface area contributed by atoms with Gasteiger partial charge in [0, 0.05) is 17.8 Å². The van der Waals surface area contributed by atoms with E-state index < -0.39 is 6.10 Å². The van der Waals surface area contributed by atoms with Crippen LogP contribution in [0.5, 0.6) is 0 Å². The number of aliphatic hydroxyl groups is 2. The van der Waals surface area contributed by atoms with Gasteiger partial charge in [0.05, 0.1) is 30.4 Å². The van der Waals surface area contributed by atoms with Gasteiger partial charge >= 0.3 is 0 Å². The summed E-state index contributed by atoms with van der Waals surface area (Å²) in [6.07, 6.45) is 3.72. The number of benzene rings is 1. The Morgan fingerprint density at radius 2 is 2.20 bits per heavy atom. The molecule has 0 aromatic heterocycles. The Kier molecular flexibility index (Phi) is 4.99. The van der Waals surface area contributed by atoms with Gasteiger partial charge in [-0.15, -0.1) is 0 Å². The molecule has 1 aliphatic heterocycles. The van der Waals surface area contributed by atoms with Gasteiger partial charge in [0.25, 0.3) is 0 Å². The van der Waals surface area contributed by atoms with E-state index in [-0.39, 0.29) is 12.6 Å². The standard InChI is InChI=1S/C16H22N2O2/c1-12(20)15-7-6-13(10-17)9-16(15)18-8-4-2-3-5-14(18)11-19/h6-7,9,12,14,19-20H,2-5,8,11H2,1H3/t12-,14?/m1/s1. The number of aliphatic hydroxyl groups excluding tert-OH is 2. The van der Waals surface area contributed by atoms with Crippen molar-refractivity contribution in [3.05, 3.63) is 29.3 Å². The van der Waals surface area contributed by atoms with Gasteiger partial charge in [0.15, 0.2) is 0 Å². The van der Waals surface area contributed by atoms with Crippen LogP contribution in [-0.2, 0) is 0 Å². The molecule has 0 saturated carbocycles. The van der Waals surface area contributed by atoms with E-state index >= 15 is 0 Å². The molecular weight excluding hydrogens is 252 g/mol. The molecule has 2 N–H and O–H groups in total. The Morgan fingerprint density at radius 1 is 1.40 bits per heavy atom. The summed E-state index contributed by atoms with van der Waals surface area (Å²) in [4.78, 5) is 2.16. The SMILES string of the molecule is C[C@@H](O)c1ccc(C#N)cc1N1CCCCCC1CO. The van der Waals surface area contributed by atoms with E-state index in [2.05, 4.69) is 11.0 Å². The topological polar surface area (TPSA) is 67.5 Å². The fourth-order valence-electron chi connectivity index (χ4n) is 2.90. The summed E-state index contributed by atoms with van der Waals surface area (Å²) in [5.41, 5.74) is 2.30. The quantitative estimate of drug-likeness (QED) is 0.888. The molecule has 1 aromatic carbocycles. The second-order valence-electron chi connectivity index (χ2n) is 5.44.